The van der Waals surface area contributed by atoms with Crippen molar-refractivity contribution in [3.8, 4) is 5.75 Å². The highest BCUT2D eigenvalue weighted by Crippen LogP contribution is 2.30. The van der Waals surface area contributed by atoms with Gasteiger partial charge >= 0.3 is 12.2 Å². The molecule has 0 radical (unpaired) electrons. The standard InChI is InChI=1S/C17H22N2O5S/c1-16(2,3)23-14(20)19-13-18-11-8-7-10(9-12(11)25-13)22-15(21)24-17(4,5)6/h7-9H,1-6H3,(H,18,19,20). The molecule has 1 aromatic heterocycles. The molecule has 0 bridgehead atoms. The smallest absolute Gasteiger partial charge is 0.444 e. The van der Waals surface area contributed by atoms with E-state index in [0.29, 0.717) is 16.4 Å². The Morgan fingerprint density at radius 1 is 1.04 bits per heavy atom. The number of amides is 1. The highest BCUT2D eigenvalue weighted by atomic mass is 32.1. The van der Waals surface area contributed by atoms with E-state index in [1.807, 2.05) is 0 Å². The van der Waals surface area contributed by atoms with Crippen LogP contribution in [0.3, 0.4) is 0 Å². The second-order valence-corrected chi connectivity index (χ2v) is 8.37. The van der Waals surface area contributed by atoms with Gasteiger partial charge in [0, 0.05) is 6.07 Å². The monoisotopic (exact) mass is 366 g/mol. The van der Waals surface area contributed by atoms with E-state index in [9.17, 15) is 9.59 Å². The first kappa shape index (κ1) is 19.0. The highest BCUT2D eigenvalue weighted by Gasteiger charge is 2.19. The number of thiazole rings is 1. The summed E-state index contributed by atoms with van der Waals surface area (Å²) >= 11 is 1.25. The molecular formula is C17H22N2O5S. The molecular weight excluding hydrogens is 344 g/mol. The third-order valence-corrected chi connectivity index (χ3v) is 3.49. The number of nitrogens with zero attached hydrogens (tertiary/aromatic N) is 1. The van der Waals surface area contributed by atoms with Crippen LogP contribution in [0, 0.1) is 0 Å². The molecule has 0 aliphatic carbocycles. The van der Waals surface area contributed by atoms with Gasteiger partial charge in [-0.15, -0.1) is 0 Å². The maximum Gasteiger partial charge on any atom is 0.514 e. The van der Waals surface area contributed by atoms with Crippen molar-refractivity contribution in [2.45, 2.75) is 52.7 Å². The molecule has 0 spiro atoms. The quantitative estimate of drug-likeness (QED) is 0.597. The van der Waals surface area contributed by atoms with Crippen molar-refractivity contribution < 1.29 is 23.8 Å². The van der Waals surface area contributed by atoms with E-state index in [1.54, 1.807) is 59.7 Å². The zero-order valence-electron chi connectivity index (χ0n) is 15.1. The van der Waals surface area contributed by atoms with E-state index < -0.39 is 23.5 Å². The summed E-state index contributed by atoms with van der Waals surface area (Å²) in [6.07, 6.45) is -1.35. The Kier molecular flexibility index (Phi) is 5.22. The Hall–Kier alpha value is -2.35. The molecule has 0 atom stereocenters. The SMILES string of the molecule is CC(C)(C)OC(=O)Nc1nc2ccc(OC(=O)OC(C)(C)C)cc2s1. The molecule has 1 N–H and O–H groups in total. The lowest BCUT2D eigenvalue weighted by atomic mass is 10.2. The molecule has 0 aliphatic heterocycles. The topological polar surface area (TPSA) is 86.8 Å². The lowest BCUT2D eigenvalue weighted by Crippen LogP contribution is -2.27. The second kappa shape index (κ2) is 6.87. The van der Waals surface area contributed by atoms with Gasteiger partial charge in [0.25, 0.3) is 0 Å². The molecule has 8 heteroatoms. The van der Waals surface area contributed by atoms with Gasteiger partial charge in [-0.05, 0) is 53.7 Å². The van der Waals surface area contributed by atoms with Crippen LogP contribution >= 0.6 is 11.3 Å². The predicted molar refractivity (Wildman–Crippen MR) is 96.3 cm³/mol. The largest absolute Gasteiger partial charge is 0.514 e. The van der Waals surface area contributed by atoms with E-state index in [2.05, 4.69) is 10.3 Å². The van der Waals surface area contributed by atoms with E-state index in [-0.39, 0.29) is 0 Å². The van der Waals surface area contributed by atoms with Gasteiger partial charge in [-0.25, -0.2) is 14.6 Å². The van der Waals surface area contributed by atoms with E-state index in [4.69, 9.17) is 14.2 Å². The first-order valence-corrected chi connectivity index (χ1v) is 8.54. The predicted octanol–water partition coefficient (Wildman–Crippen LogP) is 4.96. The minimum atomic E-state index is -0.775. The van der Waals surface area contributed by atoms with Crippen LogP contribution in [0.25, 0.3) is 10.2 Å². The second-order valence-electron chi connectivity index (χ2n) is 7.34. The van der Waals surface area contributed by atoms with Gasteiger partial charge in [-0.2, -0.15) is 0 Å². The average Bonchev–Trinajstić information content (AvgIpc) is 2.74. The van der Waals surface area contributed by atoms with Crippen molar-refractivity contribution in [1.82, 2.24) is 4.98 Å². The maximum absolute atomic E-state index is 11.8. The molecule has 0 unspecified atom stereocenters. The van der Waals surface area contributed by atoms with E-state index in [0.717, 1.165) is 4.70 Å². The fourth-order valence-electron chi connectivity index (χ4n) is 1.78. The number of ether oxygens (including phenoxy) is 3. The van der Waals surface area contributed by atoms with Gasteiger partial charge in [-0.1, -0.05) is 11.3 Å². The fourth-order valence-corrected chi connectivity index (χ4v) is 2.66. The normalized spacial score (nSPS) is 11.9. The van der Waals surface area contributed by atoms with Gasteiger partial charge in [-0.3, -0.25) is 5.32 Å². The van der Waals surface area contributed by atoms with Crippen LogP contribution in [0.5, 0.6) is 5.75 Å². The van der Waals surface area contributed by atoms with Gasteiger partial charge in [0.2, 0.25) is 0 Å². The number of carbonyl (C=O) groups is 2. The summed E-state index contributed by atoms with van der Waals surface area (Å²) in [4.78, 5) is 27.8. The Morgan fingerprint density at radius 2 is 1.68 bits per heavy atom. The molecule has 0 fully saturated rings. The number of anilines is 1. The van der Waals surface area contributed by atoms with Crippen LogP contribution in [-0.4, -0.2) is 28.4 Å². The molecule has 1 heterocycles. The highest BCUT2D eigenvalue weighted by molar-refractivity contribution is 7.22. The minimum Gasteiger partial charge on any atom is -0.444 e. The first-order valence-electron chi connectivity index (χ1n) is 7.73. The van der Waals surface area contributed by atoms with Crippen LogP contribution in [-0.2, 0) is 9.47 Å². The number of hydrogen-bond donors (Lipinski definition) is 1. The van der Waals surface area contributed by atoms with Crippen molar-refractivity contribution in [3.63, 3.8) is 0 Å². The summed E-state index contributed by atoms with van der Waals surface area (Å²) in [5.74, 6) is 0.342. The number of fused-ring (bicyclic) bond motifs is 1. The number of carbonyl (C=O) groups excluding carboxylic acids is 2. The van der Waals surface area contributed by atoms with Crippen LogP contribution in [0.1, 0.15) is 41.5 Å². The van der Waals surface area contributed by atoms with Crippen molar-refractivity contribution in [3.05, 3.63) is 18.2 Å². The molecule has 2 aromatic rings. The molecule has 25 heavy (non-hydrogen) atoms. The van der Waals surface area contributed by atoms with Crippen molar-refractivity contribution >= 4 is 38.9 Å². The van der Waals surface area contributed by atoms with Crippen LogP contribution in [0.4, 0.5) is 14.7 Å². The van der Waals surface area contributed by atoms with E-state index in [1.165, 1.54) is 11.3 Å². The number of rotatable bonds is 2. The minimum absolute atomic E-state index is 0.342. The third-order valence-electron chi connectivity index (χ3n) is 2.56. The zero-order valence-corrected chi connectivity index (χ0v) is 15.9. The summed E-state index contributed by atoms with van der Waals surface area (Å²) in [6, 6.07) is 4.98. The Morgan fingerprint density at radius 3 is 2.28 bits per heavy atom. The Balaban J connectivity index is 2.08. The van der Waals surface area contributed by atoms with Gasteiger partial charge in [0.1, 0.15) is 17.0 Å². The Bertz CT molecular complexity index is 758. The molecule has 2 rings (SSSR count). The molecule has 1 amide bonds. The molecule has 1 aromatic carbocycles. The Labute approximate surface area is 150 Å². The average molecular weight is 366 g/mol. The number of aromatic nitrogens is 1. The fraction of sp³-hybridized carbons (Fsp3) is 0.471. The summed E-state index contributed by atoms with van der Waals surface area (Å²) in [5, 5.41) is 2.99. The first-order chi connectivity index (χ1) is 11.4. The van der Waals surface area contributed by atoms with Crippen LogP contribution in [0.15, 0.2) is 18.2 Å². The summed E-state index contributed by atoms with van der Waals surface area (Å²) in [6.45, 7) is 10.6. The molecule has 0 aliphatic rings. The summed E-state index contributed by atoms with van der Waals surface area (Å²) in [5.41, 5.74) is -0.543. The van der Waals surface area contributed by atoms with Gasteiger partial charge < -0.3 is 14.2 Å². The third kappa shape index (κ3) is 6.22. The van der Waals surface area contributed by atoms with Crippen molar-refractivity contribution in [2.75, 3.05) is 5.32 Å². The summed E-state index contributed by atoms with van der Waals surface area (Å²) < 4.78 is 16.2. The molecule has 0 saturated carbocycles. The lowest BCUT2D eigenvalue weighted by Gasteiger charge is -2.18. The summed E-state index contributed by atoms with van der Waals surface area (Å²) in [7, 11) is 0. The van der Waals surface area contributed by atoms with E-state index >= 15 is 0 Å². The number of benzene rings is 1. The van der Waals surface area contributed by atoms with Crippen LogP contribution < -0.4 is 10.1 Å². The molecule has 136 valence electrons. The van der Waals surface area contributed by atoms with Crippen LogP contribution in [0.2, 0.25) is 0 Å². The maximum atomic E-state index is 11.8. The molecule has 0 saturated heterocycles. The van der Waals surface area contributed by atoms with Gasteiger partial charge in [0.15, 0.2) is 5.13 Å². The molecule has 7 nitrogen and oxygen atoms in total. The van der Waals surface area contributed by atoms with Crippen molar-refractivity contribution in [1.29, 1.82) is 0 Å². The van der Waals surface area contributed by atoms with Gasteiger partial charge in [0.05, 0.1) is 10.2 Å². The lowest BCUT2D eigenvalue weighted by molar-refractivity contribution is 0.0206. The number of nitrogens with one attached hydrogen (secondary N) is 1. The number of hydrogen-bond acceptors (Lipinski definition) is 7. The van der Waals surface area contributed by atoms with Crippen molar-refractivity contribution in [2.24, 2.45) is 0 Å². The zero-order chi connectivity index (χ0) is 18.8.